The highest BCUT2D eigenvalue weighted by molar-refractivity contribution is 6.07. The zero-order valence-corrected chi connectivity index (χ0v) is 33.4. The zero-order valence-electron chi connectivity index (χ0n) is 33.4. The molecule has 8 bridgehead atoms. The third-order valence-electron chi connectivity index (χ3n) is 10.7. The molecule has 0 amide bonds. The van der Waals surface area contributed by atoms with Crippen LogP contribution in [-0.4, -0.2) is 63.3 Å². The van der Waals surface area contributed by atoms with E-state index in [9.17, 15) is 19.5 Å². The van der Waals surface area contributed by atoms with Gasteiger partial charge in [0.1, 0.15) is 0 Å². The average molecular weight is 749 g/mol. The summed E-state index contributed by atoms with van der Waals surface area (Å²) in [6.07, 6.45) is 2.58. The minimum absolute atomic E-state index is 0.0226. The Bertz CT molecular complexity index is 2330. The Balaban J connectivity index is 1.86. The number of aryl methyl sites for hydroxylation is 3. The SMILES string of the molecule is CCOC(=O)c1c(CC)c2cc3nc(c(-c4ccc(CCC(=O)O)cc4)c4[nH]c(cc5nc(c(OC)c1[nH]2)CC5(C)C)c(CC)c4C(=O)OCC)CC3(C)C. The maximum Gasteiger partial charge on any atom is 0.340 e. The highest BCUT2D eigenvalue weighted by Gasteiger charge is 2.35. The van der Waals surface area contributed by atoms with Crippen molar-refractivity contribution in [2.75, 3.05) is 20.3 Å². The first-order valence-corrected chi connectivity index (χ1v) is 19.2. The van der Waals surface area contributed by atoms with Crippen molar-refractivity contribution in [2.24, 2.45) is 0 Å². The first kappa shape index (κ1) is 39.2. The first-order valence-electron chi connectivity index (χ1n) is 19.2. The number of aliphatic carboxylic acids is 1. The van der Waals surface area contributed by atoms with E-state index in [0.29, 0.717) is 65.7 Å². The van der Waals surface area contributed by atoms with Crippen molar-refractivity contribution in [1.82, 2.24) is 19.9 Å². The number of nitrogens with one attached hydrogen (secondary N) is 2. The molecule has 0 fully saturated rings. The Morgan fingerprint density at radius 3 is 1.73 bits per heavy atom. The fourth-order valence-corrected chi connectivity index (χ4v) is 7.92. The largest absolute Gasteiger partial charge is 0.493 e. The molecule has 0 saturated carbocycles. The van der Waals surface area contributed by atoms with Crippen molar-refractivity contribution in [3.8, 4) is 16.9 Å². The van der Waals surface area contributed by atoms with E-state index in [4.69, 9.17) is 24.2 Å². The number of methoxy groups -OCH3 is 1. The molecule has 5 heterocycles. The molecule has 6 rings (SSSR count). The van der Waals surface area contributed by atoms with E-state index in [1.807, 2.05) is 50.2 Å². The third kappa shape index (κ3) is 7.36. The number of benzene rings is 1. The molecule has 0 unspecified atom stereocenters. The predicted octanol–water partition coefficient (Wildman–Crippen LogP) is 8.53. The van der Waals surface area contributed by atoms with E-state index in [1.54, 1.807) is 21.0 Å². The van der Waals surface area contributed by atoms with E-state index in [2.05, 4.69) is 37.7 Å². The van der Waals surface area contributed by atoms with Crippen LogP contribution in [0.5, 0.6) is 5.75 Å². The van der Waals surface area contributed by atoms with Crippen LogP contribution >= 0.6 is 0 Å². The molecule has 2 aliphatic heterocycles. The summed E-state index contributed by atoms with van der Waals surface area (Å²) in [5.74, 6) is -1.25. The Morgan fingerprint density at radius 1 is 0.745 bits per heavy atom. The Kier molecular flexibility index (Phi) is 11.0. The van der Waals surface area contributed by atoms with Crippen molar-refractivity contribution in [3.05, 3.63) is 87.0 Å². The summed E-state index contributed by atoms with van der Waals surface area (Å²) in [6.45, 7) is 16.5. The molecule has 0 saturated heterocycles. The van der Waals surface area contributed by atoms with Crippen molar-refractivity contribution < 1.29 is 33.7 Å². The number of H-pyrrole nitrogens is 2. The molecule has 0 aliphatic carbocycles. The van der Waals surface area contributed by atoms with E-state index in [-0.39, 0.29) is 19.6 Å². The van der Waals surface area contributed by atoms with Gasteiger partial charge in [-0.05, 0) is 67.5 Å². The molecule has 1 aromatic carbocycles. The lowest BCUT2D eigenvalue weighted by atomic mass is 9.85. The van der Waals surface area contributed by atoms with Crippen LogP contribution in [0.2, 0.25) is 0 Å². The van der Waals surface area contributed by atoms with E-state index >= 15 is 0 Å². The van der Waals surface area contributed by atoms with Gasteiger partial charge < -0.3 is 29.3 Å². The second kappa shape index (κ2) is 15.4. The van der Waals surface area contributed by atoms with Gasteiger partial charge in [0.2, 0.25) is 0 Å². The molecule has 3 N–H and O–H groups in total. The van der Waals surface area contributed by atoms with Crippen LogP contribution in [0.4, 0.5) is 0 Å². The van der Waals surface area contributed by atoms with Gasteiger partial charge in [-0.25, -0.2) is 9.59 Å². The number of rotatable bonds is 11. The van der Waals surface area contributed by atoms with Gasteiger partial charge in [-0.1, -0.05) is 65.8 Å². The highest BCUT2D eigenvalue weighted by Crippen LogP contribution is 2.42. The summed E-state index contributed by atoms with van der Waals surface area (Å²) in [5.41, 5.74) is 9.69. The lowest BCUT2D eigenvalue weighted by Gasteiger charge is -2.17. The second-order valence-corrected chi connectivity index (χ2v) is 15.5. The van der Waals surface area contributed by atoms with E-state index in [0.717, 1.165) is 55.9 Å². The van der Waals surface area contributed by atoms with Crippen LogP contribution in [0, 0.1) is 0 Å². The number of hydrogen-bond donors (Lipinski definition) is 3. The van der Waals surface area contributed by atoms with Crippen LogP contribution in [0.15, 0.2) is 36.4 Å². The summed E-state index contributed by atoms with van der Waals surface area (Å²) in [6, 6.07) is 11.8. The maximum absolute atomic E-state index is 14.1. The van der Waals surface area contributed by atoms with Crippen LogP contribution in [-0.2, 0) is 57.2 Å². The summed E-state index contributed by atoms with van der Waals surface area (Å²) in [7, 11) is 1.59. The van der Waals surface area contributed by atoms with Gasteiger partial charge in [0, 0.05) is 58.1 Å². The summed E-state index contributed by atoms with van der Waals surface area (Å²) in [5, 5.41) is 9.31. The number of carbonyl (C=O) groups excluding carboxylic acids is 2. The number of carboxylic acids is 1. The van der Waals surface area contributed by atoms with Crippen molar-refractivity contribution >= 4 is 40.0 Å². The number of ether oxygens (including phenoxy) is 3. The van der Waals surface area contributed by atoms with Gasteiger partial charge in [0.15, 0.2) is 5.75 Å². The number of esters is 2. The maximum atomic E-state index is 14.1. The van der Waals surface area contributed by atoms with Gasteiger partial charge >= 0.3 is 17.9 Å². The van der Waals surface area contributed by atoms with Crippen LogP contribution < -0.4 is 4.74 Å². The van der Waals surface area contributed by atoms with Crippen LogP contribution in [0.3, 0.4) is 0 Å². The number of hydrogen-bond acceptors (Lipinski definition) is 8. The summed E-state index contributed by atoms with van der Waals surface area (Å²) < 4.78 is 17.5. The molecule has 11 nitrogen and oxygen atoms in total. The fourth-order valence-electron chi connectivity index (χ4n) is 7.92. The lowest BCUT2D eigenvalue weighted by Crippen LogP contribution is -2.15. The smallest absolute Gasteiger partial charge is 0.340 e. The second-order valence-electron chi connectivity index (χ2n) is 15.5. The van der Waals surface area contributed by atoms with E-state index < -0.39 is 28.7 Å². The molecule has 4 aromatic rings. The van der Waals surface area contributed by atoms with Gasteiger partial charge in [-0.15, -0.1) is 0 Å². The van der Waals surface area contributed by atoms with Gasteiger partial charge in [-0.2, -0.15) is 0 Å². The number of aromatic amines is 2. The number of carboxylic acid groups (broad SMARTS) is 1. The molecular formula is C44H52N4O7. The molecule has 0 spiro atoms. The number of carbonyl (C=O) groups is 3. The summed E-state index contributed by atoms with van der Waals surface area (Å²) in [4.78, 5) is 56.9. The minimum atomic E-state index is -0.856. The fraction of sp³-hybridized carbons (Fsp3) is 0.432. The van der Waals surface area contributed by atoms with Gasteiger partial charge in [-0.3, -0.25) is 14.8 Å². The predicted molar refractivity (Wildman–Crippen MR) is 213 cm³/mol. The highest BCUT2D eigenvalue weighted by atomic mass is 16.5. The van der Waals surface area contributed by atoms with Crippen LogP contribution in [0.25, 0.3) is 33.2 Å². The molecule has 0 atom stereocenters. The number of fused-ring (bicyclic) bond motifs is 8. The zero-order chi connectivity index (χ0) is 39.8. The topological polar surface area (TPSA) is 156 Å². The monoisotopic (exact) mass is 748 g/mol. The quantitative estimate of drug-likeness (QED) is 0.128. The molecule has 290 valence electrons. The summed E-state index contributed by atoms with van der Waals surface area (Å²) >= 11 is 0. The first-order chi connectivity index (χ1) is 26.2. The Morgan fingerprint density at radius 2 is 1.24 bits per heavy atom. The van der Waals surface area contributed by atoms with Crippen molar-refractivity contribution in [1.29, 1.82) is 0 Å². The molecule has 2 aliphatic rings. The van der Waals surface area contributed by atoms with Crippen molar-refractivity contribution in [2.45, 2.75) is 105 Å². The van der Waals surface area contributed by atoms with E-state index in [1.165, 1.54) is 0 Å². The molecule has 0 radical (unpaired) electrons. The average Bonchev–Trinajstić information content (AvgIpc) is 3.84. The van der Waals surface area contributed by atoms with Gasteiger partial charge in [0.25, 0.3) is 0 Å². The lowest BCUT2D eigenvalue weighted by molar-refractivity contribution is -0.136. The van der Waals surface area contributed by atoms with Gasteiger partial charge in [0.05, 0.1) is 53.9 Å². The standard InChI is InChI=1S/C44H52N4O7/c1-10-26-28-20-33-44(7,8)23-31(46-33)40(53-9)39-37(42(52)55-13-4)27(11-2)29(48-39)21-32-43(5,6)22-30(45-32)35(38(47-28)36(26)41(51)54-12-3)25-17-14-24(15-18-25)16-19-34(49)50/h14-15,17-18,20-21,47-48H,10-13,16,19,22-23H2,1-9H3,(H,49,50). The molecule has 3 aromatic heterocycles. The van der Waals surface area contributed by atoms with Crippen molar-refractivity contribution in [3.63, 3.8) is 0 Å². The number of aromatic nitrogens is 4. The minimum Gasteiger partial charge on any atom is -0.493 e. The molecule has 11 heteroatoms. The normalized spacial score (nSPS) is 14.4. The number of nitrogens with zero attached hydrogens (tertiary/aromatic N) is 2. The van der Waals surface area contributed by atoms with Crippen LogP contribution in [0.1, 0.15) is 122 Å². The third-order valence-corrected chi connectivity index (χ3v) is 10.7. The Hall–Kier alpha value is -5.45. The molecule has 55 heavy (non-hydrogen) atoms. The molecular weight excluding hydrogens is 697 g/mol. The Labute approximate surface area is 321 Å².